The summed E-state index contributed by atoms with van der Waals surface area (Å²) in [7, 11) is -0.710. The van der Waals surface area contributed by atoms with Crippen molar-refractivity contribution in [1.29, 1.82) is 0 Å². The van der Waals surface area contributed by atoms with Crippen LogP contribution in [0, 0.1) is 5.82 Å². The molecule has 1 aliphatic heterocycles. The van der Waals surface area contributed by atoms with Crippen molar-refractivity contribution in [2.24, 2.45) is 0 Å². The second-order valence-electron chi connectivity index (χ2n) is 13.2. The maximum absolute atomic E-state index is 13.7. The molecule has 0 unspecified atom stereocenters. The Hall–Kier alpha value is -3.68. The van der Waals surface area contributed by atoms with Gasteiger partial charge in [0.15, 0.2) is 0 Å². The molecule has 11 nitrogen and oxygen atoms in total. The van der Waals surface area contributed by atoms with Gasteiger partial charge in [-0.25, -0.2) is 17.6 Å². The van der Waals surface area contributed by atoms with Gasteiger partial charge in [-0.2, -0.15) is 0 Å². The number of hydrogen-bond donors (Lipinski definition) is 1. The van der Waals surface area contributed by atoms with Crippen molar-refractivity contribution in [3.8, 4) is 11.3 Å². The number of carbonyl (C=O) groups is 2. The van der Waals surface area contributed by atoms with E-state index in [1.165, 1.54) is 40.5 Å². The number of sulfonamides is 1. The van der Waals surface area contributed by atoms with E-state index in [4.69, 9.17) is 18.6 Å². The smallest absolute Gasteiger partial charge is 0.410 e. The Morgan fingerprint density at radius 1 is 1.13 bits per heavy atom. The zero-order valence-electron chi connectivity index (χ0n) is 27.9. The first kappa shape index (κ1) is 35.2. The Balaban J connectivity index is 1.63. The molecular weight excluding hydrogens is 617 g/mol. The Morgan fingerprint density at radius 2 is 1.78 bits per heavy atom. The Kier molecular flexibility index (Phi) is 10.1. The van der Waals surface area contributed by atoms with Gasteiger partial charge in [-0.15, -0.1) is 0 Å². The number of furan rings is 1. The van der Waals surface area contributed by atoms with E-state index in [2.05, 4.69) is 5.32 Å². The third-order valence-corrected chi connectivity index (χ3v) is 9.24. The van der Waals surface area contributed by atoms with Crippen molar-refractivity contribution in [1.82, 2.24) is 10.2 Å². The highest BCUT2D eigenvalue weighted by molar-refractivity contribution is 7.92. The molecule has 0 bridgehead atoms. The normalized spacial score (nSPS) is 17.4. The summed E-state index contributed by atoms with van der Waals surface area (Å²) < 4.78 is 65.0. The van der Waals surface area contributed by atoms with Crippen molar-refractivity contribution in [2.75, 3.05) is 44.4 Å². The molecule has 0 radical (unpaired) electrons. The molecule has 1 aliphatic rings. The number of halogens is 1. The second kappa shape index (κ2) is 13.2. The van der Waals surface area contributed by atoms with Crippen molar-refractivity contribution in [3.63, 3.8) is 0 Å². The van der Waals surface area contributed by atoms with Crippen molar-refractivity contribution < 1.29 is 41.0 Å². The minimum absolute atomic E-state index is 0.130. The van der Waals surface area contributed by atoms with Crippen LogP contribution in [0.2, 0.25) is 0 Å². The van der Waals surface area contributed by atoms with Gasteiger partial charge in [-0.1, -0.05) is 0 Å². The first-order valence-electron chi connectivity index (χ1n) is 15.1. The van der Waals surface area contributed by atoms with Gasteiger partial charge in [0.25, 0.3) is 5.91 Å². The number of rotatable bonds is 9. The summed E-state index contributed by atoms with van der Waals surface area (Å²) in [5, 5.41) is 3.05. The Labute approximate surface area is 270 Å². The summed E-state index contributed by atoms with van der Waals surface area (Å²) in [5.74, 6) is -0.651. The number of amides is 2. The average molecular weight is 662 g/mol. The zero-order chi connectivity index (χ0) is 34.2. The Bertz CT molecular complexity index is 1700. The summed E-state index contributed by atoms with van der Waals surface area (Å²) in [6.45, 7) is 11.6. The molecule has 0 fully saturated rings. The van der Waals surface area contributed by atoms with E-state index in [0.717, 1.165) is 6.26 Å². The van der Waals surface area contributed by atoms with E-state index in [0.29, 0.717) is 35.2 Å². The SMILES string of the molecule is CNC(=O)c1c(-c2ccc(F)cc2)oc2cc3c(cc12)[C@H](C)O[C@H](COC(=O)N(C)C(C)(C)CCOC(C)(C)C)CN3S(C)(=O)=O. The van der Waals surface area contributed by atoms with Crippen LogP contribution in [0.5, 0.6) is 0 Å². The monoisotopic (exact) mass is 661 g/mol. The number of hydrogen-bond acceptors (Lipinski definition) is 8. The molecule has 2 aromatic carbocycles. The number of nitrogens with zero attached hydrogens (tertiary/aromatic N) is 2. The molecule has 0 saturated heterocycles. The topological polar surface area (TPSA) is 128 Å². The van der Waals surface area contributed by atoms with Gasteiger partial charge in [0.1, 0.15) is 29.9 Å². The van der Waals surface area contributed by atoms with E-state index in [1.807, 2.05) is 34.6 Å². The van der Waals surface area contributed by atoms with Crippen molar-refractivity contribution in [3.05, 3.63) is 53.3 Å². The quantitative estimate of drug-likeness (QED) is 0.302. The molecular formula is C33H44FN3O8S. The highest BCUT2D eigenvalue weighted by atomic mass is 32.2. The summed E-state index contributed by atoms with van der Waals surface area (Å²) in [5.41, 5.74) is 0.908. The van der Waals surface area contributed by atoms with Crippen molar-refractivity contribution in [2.45, 2.75) is 71.3 Å². The summed E-state index contributed by atoms with van der Waals surface area (Å²) >= 11 is 0. The molecule has 3 aromatic rings. The molecule has 2 heterocycles. The summed E-state index contributed by atoms with van der Waals surface area (Å²) in [6, 6.07) is 8.78. The number of ether oxygens (including phenoxy) is 3. The fourth-order valence-corrected chi connectivity index (χ4v) is 6.18. The third kappa shape index (κ3) is 7.81. The fraction of sp³-hybridized carbons (Fsp3) is 0.515. The molecule has 1 aromatic heterocycles. The molecule has 2 atom stereocenters. The minimum atomic E-state index is -3.84. The van der Waals surface area contributed by atoms with E-state index in [-0.39, 0.29) is 35.7 Å². The molecule has 2 amide bonds. The van der Waals surface area contributed by atoms with Gasteiger partial charge < -0.3 is 28.8 Å². The van der Waals surface area contributed by atoms with Crippen LogP contribution in [-0.4, -0.2) is 82.7 Å². The predicted molar refractivity (Wildman–Crippen MR) is 174 cm³/mol. The maximum Gasteiger partial charge on any atom is 0.410 e. The molecule has 46 heavy (non-hydrogen) atoms. The van der Waals surface area contributed by atoms with E-state index >= 15 is 0 Å². The van der Waals surface area contributed by atoms with Crippen molar-refractivity contribution >= 4 is 38.7 Å². The highest BCUT2D eigenvalue weighted by Crippen LogP contribution is 2.42. The third-order valence-electron chi connectivity index (χ3n) is 8.09. The molecule has 0 spiro atoms. The Morgan fingerprint density at radius 3 is 2.37 bits per heavy atom. The van der Waals surface area contributed by atoms with Crippen LogP contribution in [0.15, 0.2) is 40.8 Å². The van der Waals surface area contributed by atoms with Crippen LogP contribution >= 0.6 is 0 Å². The van der Waals surface area contributed by atoms with Crippen LogP contribution in [-0.2, 0) is 24.2 Å². The standard InChI is InChI=1S/C33H44FN3O8S/c1-20-24-16-25-27(45-29(28(25)30(38)35-7)21-10-12-22(34)13-11-21)17-26(24)37(46(9,40)41)18-23(44-20)19-42-31(39)36(8)33(5,6)14-15-43-32(2,3)4/h10-13,16-17,20,23H,14-15,18-19H2,1-9H3,(H,35,38)/t20-,23-/m0/s1. The van der Waals surface area contributed by atoms with Gasteiger partial charge in [-0.05, 0) is 78.3 Å². The lowest BCUT2D eigenvalue weighted by Crippen LogP contribution is -2.47. The van der Waals surface area contributed by atoms with E-state index in [1.54, 1.807) is 26.1 Å². The van der Waals surface area contributed by atoms with Crippen LogP contribution in [0.4, 0.5) is 14.9 Å². The van der Waals surface area contributed by atoms with Crippen LogP contribution in [0.3, 0.4) is 0 Å². The molecule has 4 rings (SSSR count). The number of fused-ring (bicyclic) bond motifs is 2. The van der Waals surface area contributed by atoms with Gasteiger partial charge in [0.2, 0.25) is 10.0 Å². The summed E-state index contributed by atoms with van der Waals surface area (Å²) in [6.07, 6.45) is -0.378. The van der Waals surface area contributed by atoms with Crippen LogP contribution < -0.4 is 9.62 Å². The first-order chi connectivity index (χ1) is 21.3. The lowest BCUT2D eigenvalue weighted by molar-refractivity contribution is -0.0403. The van der Waals surface area contributed by atoms with Gasteiger partial charge in [0.05, 0.1) is 35.8 Å². The van der Waals surface area contributed by atoms with Gasteiger partial charge >= 0.3 is 6.09 Å². The lowest BCUT2D eigenvalue weighted by Gasteiger charge is -2.36. The molecule has 252 valence electrons. The van der Waals surface area contributed by atoms with Gasteiger partial charge in [-0.3, -0.25) is 9.10 Å². The second-order valence-corrected chi connectivity index (χ2v) is 15.1. The zero-order valence-corrected chi connectivity index (χ0v) is 28.7. The van der Waals surface area contributed by atoms with E-state index < -0.39 is 45.6 Å². The number of benzene rings is 2. The van der Waals surface area contributed by atoms with Crippen LogP contribution in [0.1, 0.15) is 70.0 Å². The first-order valence-corrected chi connectivity index (χ1v) is 16.9. The predicted octanol–water partition coefficient (Wildman–Crippen LogP) is 5.88. The van der Waals surface area contributed by atoms with E-state index in [9.17, 15) is 22.4 Å². The number of anilines is 1. The lowest BCUT2D eigenvalue weighted by atomic mass is 9.99. The minimum Gasteiger partial charge on any atom is -0.455 e. The average Bonchev–Trinajstić information content (AvgIpc) is 3.27. The van der Waals surface area contributed by atoms with Crippen LogP contribution in [0.25, 0.3) is 22.3 Å². The molecule has 1 N–H and O–H groups in total. The van der Waals surface area contributed by atoms with Gasteiger partial charge in [0, 0.05) is 48.8 Å². The maximum atomic E-state index is 13.7. The molecule has 0 saturated carbocycles. The molecule has 13 heteroatoms. The largest absolute Gasteiger partial charge is 0.455 e. The fourth-order valence-electron chi connectivity index (χ4n) is 5.22. The number of nitrogens with one attached hydrogen (secondary N) is 1. The number of carbonyl (C=O) groups excluding carboxylic acids is 2. The highest BCUT2D eigenvalue weighted by Gasteiger charge is 2.35. The summed E-state index contributed by atoms with van der Waals surface area (Å²) in [4.78, 5) is 27.7. The molecule has 0 aliphatic carbocycles.